The van der Waals surface area contributed by atoms with Gasteiger partial charge in [-0.15, -0.1) is 0 Å². The Labute approximate surface area is 122 Å². The first-order valence-electron chi connectivity index (χ1n) is 6.88. The summed E-state index contributed by atoms with van der Waals surface area (Å²) < 4.78 is 0. The number of amides is 1. The number of hydrogen-bond acceptors (Lipinski definition) is 2. The molecule has 0 saturated carbocycles. The van der Waals surface area contributed by atoms with E-state index in [2.05, 4.69) is 0 Å². The number of piperidine rings is 1. The van der Waals surface area contributed by atoms with Crippen LogP contribution in [-0.2, 0) is 11.2 Å². The third-order valence-corrected chi connectivity index (χ3v) is 4.60. The summed E-state index contributed by atoms with van der Waals surface area (Å²) in [6.07, 6.45) is 3.12. The zero-order valence-electron chi connectivity index (χ0n) is 11.0. The number of carbonyl (C=O) groups excluding carboxylic acids is 1. The monoisotopic (exact) mass is 293 g/mol. The first-order valence-corrected chi connectivity index (χ1v) is 7.26. The topological polar surface area (TPSA) is 57.6 Å². The average molecular weight is 294 g/mol. The molecular formula is C15H16ClNO3. The number of hydrogen-bond donors (Lipinski definition) is 1. The first-order chi connectivity index (χ1) is 9.56. The van der Waals surface area contributed by atoms with Crippen molar-refractivity contribution in [1.82, 2.24) is 4.90 Å². The van der Waals surface area contributed by atoms with Gasteiger partial charge in [0, 0.05) is 23.2 Å². The molecule has 2 aliphatic heterocycles. The van der Waals surface area contributed by atoms with Crippen molar-refractivity contribution in [2.75, 3.05) is 6.54 Å². The van der Waals surface area contributed by atoms with Gasteiger partial charge in [-0.25, -0.2) is 0 Å². The van der Waals surface area contributed by atoms with Crippen molar-refractivity contribution in [1.29, 1.82) is 0 Å². The number of aryl methyl sites for hydroxylation is 1. The fraction of sp³-hybridized carbons (Fsp3) is 0.467. The van der Waals surface area contributed by atoms with Crippen LogP contribution in [-0.4, -0.2) is 34.5 Å². The Morgan fingerprint density at radius 3 is 2.85 bits per heavy atom. The molecule has 1 aromatic rings. The van der Waals surface area contributed by atoms with Gasteiger partial charge in [0.15, 0.2) is 0 Å². The lowest BCUT2D eigenvalue weighted by Gasteiger charge is -2.37. The molecule has 5 heteroatoms. The van der Waals surface area contributed by atoms with E-state index in [1.807, 2.05) is 6.07 Å². The van der Waals surface area contributed by atoms with Crippen molar-refractivity contribution >= 4 is 23.5 Å². The Balaban J connectivity index is 1.93. The molecule has 1 fully saturated rings. The Morgan fingerprint density at radius 2 is 2.10 bits per heavy atom. The highest BCUT2D eigenvalue weighted by atomic mass is 35.5. The number of carboxylic acid groups (broad SMARTS) is 1. The number of nitrogens with zero attached hydrogens (tertiary/aromatic N) is 1. The van der Waals surface area contributed by atoms with Gasteiger partial charge < -0.3 is 10.0 Å². The van der Waals surface area contributed by atoms with Crippen LogP contribution in [0.4, 0.5) is 0 Å². The number of fused-ring (bicyclic) bond motifs is 2. The summed E-state index contributed by atoms with van der Waals surface area (Å²) >= 11 is 5.99. The second-order valence-corrected chi connectivity index (χ2v) is 6.00. The second-order valence-electron chi connectivity index (χ2n) is 5.56. The Hall–Kier alpha value is -1.55. The summed E-state index contributed by atoms with van der Waals surface area (Å²) in [7, 11) is 0. The van der Waals surface area contributed by atoms with Gasteiger partial charge in [0.1, 0.15) is 0 Å². The van der Waals surface area contributed by atoms with Crippen LogP contribution in [0.15, 0.2) is 18.2 Å². The first kappa shape index (κ1) is 13.4. The SMILES string of the molecule is O=C(O)C1CCC2CCc3cc(Cl)ccc3C(=O)N2C1. The van der Waals surface area contributed by atoms with Crippen molar-refractivity contribution < 1.29 is 14.7 Å². The van der Waals surface area contributed by atoms with E-state index in [1.165, 1.54) is 0 Å². The standard InChI is InChI=1S/C15H16ClNO3/c16-11-3-6-13-9(7-11)1-4-12-5-2-10(15(19)20)8-17(12)14(13)18/h3,6-7,10,12H,1-2,4-5,8H2,(H,19,20). The predicted octanol–water partition coefficient (Wildman–Crippen LogP) is 2.59. The number of aliphatic carboxylic acids is 1. The number of carbonyl (C=O) groups is 2. The largest absolute Gasteiger partial charge is 0.481 e. The van der Waals surface area contributed by atoms with E-state index in [0.717, 1.165) is 24.8 Å². The summed E-state index contributed by atoms with van der Waals surface area (Å²) in [6.45, 7) is 0.320. The van der Waals surface area contributed by atoms with E-state index in [-0.39, 0.29) is 11.9 Å². The molecule has 2 unspecified atom stereocenters. The van der Waals surface area contributed by atoms with E-state index in [9.17, 15) is 9.59 Å². The van der Waals surface area contributed by atoms with Gasteiger partial charge in [0.05, 0.1) is 5.92 Å². The van der Waals surface area contributed by atoms with E-state index in [4.69, 9.17) is 16.7 Å². The van der Waals surface area contributed by atoms with Crippen molar-refractivity contribution in [2.45, 2.75) is 31.7 Å². The van der Waals surface area contributed by atoms with E-state index in [0.29, 0.717) is 23.6 Å². The van der Waals surface area contributed by atoms with E-state index in [1.54, 1.807) is 17.0 Å². The summed E-state index contributed by atoms with van der Waals surface area (Å²) in [4.78, 5) is 25.5. The summed E-state index contributed by atoms with van der Waals surface area (Å²) in [6, 6.07) is 5.48. The molecule has 3 rings (SSSR count). The van der Waals surface area contributed by atoms with Gasteiger partial charge >= 0.3 is 5.97 Å². The van der Waals surface area contributed by atoms with Crippen LogP contribution >= 0.6 is 11.6 Å². The van der Waals surface area contributed by atoms with Gasteiger partial charge in [-0.3, -0.25) is 9.59 Å². The Morgan fingerprint density at radius 1 is 1.30 bits per heavy atom. The van der Waals surface area contributed by atoms with E-state index < -0.39 is 11.9 Å². The van der Waals surface area contributed by atoms with Crippen LogP contribution in [0.3, 0.4) is 0 Å². The van der Waals surface area contributed by atoms with Crippen LogP contribution in [0.2, 0.25) is 5.02 Å². The number of rotatable bonds is 1. The molecule has 106 valence electrons. The van der Waals surface area contributed by atoms with Crippen LogP contribution in [0, 0.1) is 5.92 Å². The molecule has 1 aromatic carbocycles. The lowest BCUT2D eigenvalue weighted by atomic mass is 9.91. The zero-order valence-corrected chi connectivity index (χ0v) is 11.8. The lowest BCUT2D eigenvalue weighted by molar-refractivity contribution is -0.143. The van der Waals surface area contributed by atoms with Gasteiger partial charge in [0.25, 0.3) is 5.91 Å². The fourth-order valence-corrected chi connectivity index (χ4v) is 3.43. The number of halogens is 1. The van der Waals surface area contributed by atoms with Crippen LogP contribution in [0.1, 0.15) is 35.2 Å². The minimum absolute atomic E-state index is 0.0508. The summed E-state index contributed by atoms with van der Waals surface area (Å²) in [5, 5.41) is 9.80. The molecule has 2 aliphatic rings. The normalized spacial score (nSPS) is 25.6. The second kappa shape index (κ2) is 5.09. The molecule has 0 aliphatic carbocycles. The predicted molar refractivity (Wildman–Crippen MR) is 75.0 cm³/mol. The van der Waals surface area contributed by atoms with Gasteiger partial charge in [-0.1, -0.05) is 11.6 Å². The lowest BCUT2D eigenvalue weighted by Crippen LogP contribution is -2.47. The van der Waals surface area contributed by atoms with Crippen molar-refractivity contribution in [2.24, 2.45) is 5.92 Å². The minimum Gasteiger partial charge on any atom is -0.481 e. The molecule has 0 aromatic heterocycles. The van der Waals surface area contributed by atoms with Gasteiger partial charge in [-0.05, 0) is 49.4 Å². The molecule has 0 bridgehead atoms. The Bertz CT molecular complexity index is 572. The molecule has 2 atom stereocenters. The maximum atomic E-state index is 12.6. The Kier molecular flexibility index (Phi) is 3.42. The highest BCUT2D eigenvalue weighted by molar-refractivity contribution is 6.30. The van der Waals surface area contributed by atoms with Crippen molar-refractivity contribution in [3.8, 4) is 0 Å². The minimum atomic E-state index is -0.808. The van der Waals surface area contributed by atoms with Crippen molar-refractivity contribution in [3.05, 3.63) is 34.3 Å². The highest BCUT2D eigenvalue weighted by Crippen LogP contribution is 2.31. The van der Waals surface area contributed by atoms with Crippen LogP contribution in [0.25, 0.3) is 0 Å². The molecule has 0 radical (unpaired) electrons. The molecule has 20 heavy (non-hydrogen) atoms. The van der Waals surface area contributed by atoms with Crippen molar-refractivity contribution in [3.63, 3.8) is 0 Å². The van der Waals surface area contributed by atoms with Crippen LogP contribution < -0.4 is 0 Å². The molecule has 0 spiro atoms. The van der Waals surface area contributed by atoms with Crippen LogP contribution in [0.5, 0.6) is 0 Å². The van der Waals surface area contributed by atoms with Gasteiger partial charge in [-0.2, -0.15) is 0 Å². The summed E-state index contributed by atoms with van der Waals surface area (Å²) in [5.74, 6) is -1.30. The zero-order chi connectivity index (χ0) is 14.3. The maximum Gasteiger partial charge on any atom is 0.308 e. The molecule has 2 heterocycles. The molecule has 4 nitrogen and oxygen atoms in total. The molecule has 1 amide bonds. The fourth-order valence-electron chi connectivity index (χ4n) is 3.23. The number of carboxylic acids is 1. The third kappa shape index (κ3) is 2.29. The number of benzene rings is 1. The summed E-state index contributed by atoms with van der Waals surface area (Å²) in [5.41, 5.74) is 1.65. The molecule has 1 saturated heterocycles. The quantitative estimate of drug-likeness (QED) is 0.866. The van der Waals surface area contributed by atoms with Gasteiger partial charge in [0.2, 0.25) is 0 Å². The smallest absolute Gasteiger partial charge is 0.308 e. The highest BCUT2D eigenvalue weighted by Gasteiger charge is 2.37. The molecule has 1 N–H and O–H groups in total. The van der Waals surface area contributed by atoms with E-state index >= 15 is 0 Å². The average Bonchev–Trinajstić information content (AvgIpc) is 2.56. The maximum absolute atomic E-state index is 12.6. The molecular weight excluding hydrogens is 278 g/mol. The third-order valence-electron chi connectivity index (χ3n) is 4.36.